The molecule has 38 heavy (non-hydrogen) atoms. The molecule has 8 nitrogen and oxygen atoms in total. The third kappa shape index (κ3) is 7.82. The highest BCUT2D eigenvalue weighted by Gasteiger charge is 2.29. The van der Waals surface area contributed by atoms with Crippen molar-refractivity contribution in [1.29, 1.82) is 0 Å². The third-order valence-corrected chi connectivity index (χ3v) is 8.59. The van der Waals surface area contributed by atoms with Gasteiger partial charge in [0.15, 0.2) is 5.03 Å². The Bertz CT molecular complexity index is 1210. The van der Waals surface area contributed by atoms with Crippen molar-refractivity contribution in [3.05, 3.63) is 71.4 Å². The van der Waals surface area contributed by atoms with E-state index in [1.54, 1.807) is 32.0 Å². The van der Waals surface area contributed by atoms with E-state index >= 15 is 0 Å². The predicted molar refractivity (Wildman–Crippen MR) is 151 cm³/mol. The number of aryl methyl sites for hydroxylation is 1. The van der Waals surface area contributed by atoms with E-state index in [1.807, 2.05) is 48.5 Å². The van der Waals surface area contributed by atoms with Gasteiger partial charge in [-0.15, -0.1) is 0 Å². The Morgan fingerprint density at radius 3 is 1.79 bits per heavy atom. The molecule has 1 atom stereocenters. The molecule has 0 aliphatic heterocycles. The lowest BCUT2D eigenvalue weighted by Crippen LogP contribution is -2.30. The summed E-state index contributed by atoms with van der Waals surface area (Å²) in [5.41, 5.74) is 2.58. The first-order valence-corrected chi connectivity index (χ1v) is 14.5. The summed E-state index contributed by atoms with van der Waals surface area (Å²) in [6.07, 6.45) is 2.25. The number of aromatic nitrogens is 2. The summed E-state index contributed by atoms with van der Waals surface area (Å²) in [6, 6.07) is 17.0. The molecule has 0 spiro atoms. The highest BCUT2D eigenvalue weighted by atomic mass is 32.2. The lowest BCUT2D eigenvalue weighted by atomic mass is 10.0. The van der Waals surface area contributed by atoms with E-state index in [0.29, 0.717) is 18.5 Å². The molecule has 208 valence electrons. The zero-order valence-corrected chi connectivity index (χ0v) is 24.5. The summed E-state index contributed by atoms with van der Waals surface area (Å²) in [7, 11) is 3.21. The van der Waals surface area contributed by atoms with Gasteiger partial charge in [-0.2, -0.15) is 9.40 Å². The van der Waals surface area contributed by atoms with Crippen molar-refractivity contribution in [3.63, 3.8) is 0 Å². The van der Waals surface area contributed by atoms with Crippen LogP contribution in [-0.4, -0.2) is 54.7 Å². The van der Waals surface area contributed by atoms with E-state index in [9.17, 15) is 8.42 Å². The number of ether oxygens (including phenoxy) is 2. The van der Waals surface area contributed by atoms with E-state index in [0.717, 1.165) is 41.2 Å². The molecule has 0 saturated heterocycles. The van der Waals surface area contributed by atoms with Crippen molar-refractivity contribution in [2.24, 2.45) is 13.0 Å². The first-order chi connectivity index (χ1) is 18.0. The van der Waals surface area contributed by atoms with Crippen molar-refractivity contribution in [1.82, 2.24) is 19.0 Å². The fourth-order valence-corrected chi connectivity index (χ4v) is 5.60. The maximum atomic E-state index is 13.9. The molecule has 2 aromatic carbocycles. The van der Waals surface area contributed by atoms with Crippen LogP contribution >= 0.6 is 0 Å². The molecule has 1 unspecified atom stereocenters. The molecule has 0 amide bonds. The van der Waals surface area contributed by atoms with Gasteiger partial charge in [0.2, 0.25) is 0 Å². The summed E-state index contributed by atoms with van der Waals surface area (Å²) in [4.78, 5) is 2.25. The highest BCUT2D eigenvalue weighted by Crippen LogP contribution is 2.24. The smallest absolute Gasteiger partial charge is 0.262 e. The molecular weight excluding hydrogens is 500 g/mol. The molecule has 0 aliphatic carbocycles. The van der Waals surface area contributed by atoms with Crippen LogP contribution in [0, 0.1) is 5.92 Å². The molecule has 3 rings (SSSR count). The average Bonchev–Trinajstić information content (AvgIpc) is 3.28. The van der Waals surface area contributed by atoms with E-state index in [2.05, 4.69) is 37.8 Å². The van der Waals surface area contributed by atoms with Crippen molar-refractivity contribution in [2.75, 3.05) is 21.3 Å². The van der Waals surface area contributed by atoms with Gasteiger partial charge in [-0.25, -0.2) is 8.42 Å². The Kier molecular flexibility index (Phi) is 10.4. The maximum Gasteiger partial charge on any atom is 0.262 e. The van der Waals surface area contributed by atoms with Crippen LogP contribution < -0.4 is 9.47 Å². The zero-order chi connectivity index (χ0) is 27.9. The van der Waals surface area contributed by atoms with E-state index in [4.69, 9.17) is 9.47 Å². The molecule has 0 N–H and O–H groups in total. The van der Waals surface area contributed by atoms with Crippen LogP contribution in [0.1, 0.15) is 50.4 Å². The predicted octanol–water partition coefficient (Wildman–Crippen LogP) is 5.08. The molecule has 3 aromatic rings. The molecule has 9 heteroatoms. The molecule has 0 fully saturated rings. The van der Waals surface area contributed by atoms with Gasteiger partial charge < -0.3 is 9.47 Å². The lowest BCUT2D eigenvalue weighted by Gasteiger charge is -2.25. The Labute approximate surface area is 228 Å². The summed E-state index contributed by atoms with van der Waals surface area (Å²) in [5.74, 6) is 2.10. The zero-order valence-electron chi connectivity index (χ0n) is 23.7. The Morgan fingerprint density at radius 1 is 0.842 bits per heavy atom. The lowest BCUT2D eigenvalue weighted by molar-refractivity contribution is 0.223. The van der Waals surface area contributed by atoms with Crippen LogP contribution in [0.15, 0.2) is 59.6 Å². The van der Waals surface area contributed by atoms with Gasteiger partial charge in [0.25, 0.3) is 10.0 Å². The molecule has 0 aliphatic rings. The standard InChI is InChI=1S/C29H42N4O4S/c1-22(2)8-9-23(3)31(4)21-26-18-29(30-32(26)5)38(34,35)33(19-24-10-14-27(36-6)15-11-24)20-25-12-16-28(37-7)17-13-25/h10-18,22-23H,8-9,19-21H2,1-7H3. The van der Waals surface area contributed by atoms with Crippen molar-refractivity contribution < 1.29 is 17.9 Å². The normalized spacial score (nSPS) is 12.9. The first kappa shape index (κ1) is 29.7. The van der Waals surface area contributed by atoms with Crippen molar-refractivity contribution in [3.8, 4) is 11.5 Å². The molecular formula is C29H42N4O4S. The number of rotatable bonds is 14. The second-order valence-electron chi connectivity index (χ2n) is 10.3. The topological polar surface area (TPSA) is 76.9 Å². The average molecular weight is 543 g/mol. The second-order valence-corrected chi connectivity index (χ2v) is 12.2. The highest BCUT2D eigenvalue weighted by molar-refractivity contribution is 7.89. The van der Waals surface area contributed by atoms with Gasteiger partial charge in [-0.3, -0.25) is 9.58 Å². The van der Waals surface area contributed by atoms with Crippen LogP contribution in [0.2, 0.25) is 0 Å². The van der Waals surface area contributed by atoms with Gasteiger partial charge in [0, 0.05) is 38.8 Å². The van der Waals surface area contributed by atoms with E-state index in [-0.39, 0.29) is 18.1 Å². The van der Waals surface area contributed by atoms with Gasteiger partial charge >= 0.3 is 0 Å². The number of nitrogens with zero attached hydrogens (tertiary/aromatic N) is 4. The number of hydrogen-bond acceptors (Lipinski definition) is 6. The van der Waals surface area contributed by atoms with Gasteiger partial charge in [-0.05, 0) is 68.1 Å². The summed E-state index contributed by atoms with van der Waals surface area (Å²) in [6.45, 7) is 7.70. The molecule has 1 heterocycles. The first-order valence-electron chi connectivity index (χ1n) is 13.0. The molecule has 0 saturated carbocycles. The van der Waals surface area contributed by atoms with E-state index < -0.39 is 10.0 Å². The SMILES string of the molecule is COc1ccc(CN(Cc2ccc(OC)cc2)S(=O)(=O)c2cc(CN(C)C(C)CCC(C)C)n(C)n2)cc1. The van der Waals surface area contributed by atoms with Crippen LogP contribution in [0.3, 0.4) is 0 Å². The van der Waals surface area contributed by atoms with Crippen molar-refractivity contribution in [2.45, 2.75) is 64.3 Å². The van der Waals surface area contributed by atoms with Crippen LogP contribution in [0.5, 0.6) is 11.5 Å². The number of methoxy groups -OCH3 is 2. The minimum Gasteiger partial charge on any atom is -0.497 e. The Balaban J connectivity index is 1.87. The van der Waals surface area contributed by atoms with Gasteiger partial charge in [0.1, 0.15) is 11.5 Å². The van der Waals surface area contributed by atoms with Gasteiger partial charge in [-0.1, -0.05) is 38.1 Å². The van der Waals surface area contributed by atoms with Crippen LogP contribution in [0.4, 0.5) is 0 Å². The monoisotopic (exact) mass is 542 g/mol. The molecule has 0 radical (unpaired) electrons. The van der Waals surface area contributed by atoms with Crippen LogP contribution in [-0.2, 0) is 36.7 Å². The maximum absolute atomic E-state index is 13.9. The fraction of sp³-hybridized carbons (Fsp3) is 0.483. The molecule has 1 aromatic heterocycles. The Morgan fingerprint density at radius 2 is 1.34 bits per heavy atom. The van der Waals surface area contributed by atoms with Crippen molar-refractivity contribution >= 4 is 10.0 Å². The van der Waals surface area contributed by atoms with Crippen LogP contribution in [0.25, 0.3) is 0 Å². The third-order valence-electron chi connectivity index (χ3n) is 6.92. The second kappa shape index (κ2) is 13.3. The minimum absolute atomic E-state index is 0.0558. The Hall–Kier alpha value is -2.88. The quantitative estimate of drug-likeness (QED) is 0.283. The number of sulfonamides is 1. The number of hydrogen-bond donors (Lipinski definition) is 0. The van der Waals surface area contributed by atoms with E-state index in [1.165, 1.54) is 4.31 Å². The fourth-order valence-electron chi connectivity index (χ4n) is 4.18. The summed E-state index contributed by atoms with van der Waals surface area (Å²) < 4.78 is 41.5. The van der Waals surface area contributed by atoms with Gasteiger partial charge in [0.05, 0.1) is 19.9 Å². The number of benzene rings is 2. The molecule has 0 bridgehead atoms. The summed E-state index contributed by atoms with van der Waals surface area (Å²) in [5, 5.41) is 4.50. The largest absolute Gasteiger partial charge is 0.497 e. The minimum atomic E-state index is -3.89. The summed E-state index contributed by atoms with van der Waals surface area (Å²) >= 11 is 0.